The van der Waals surface area contributed by atoms with Crippen LogP contribution in [0.1, 0.15) is 10.4 Å². The van der Waals surface area contributed by atoms with Crippen molar-refractivity contribution in [3.63, 3.8) is 0 Å². The lowest BCUT2D eigenvalue weighted by Gasteiger charge is -2.09. The van der Waals surface area contributed by atoms with Crippen molar-refractivity contribution in [2.75, 3.05) is 5.73 Å². The highest BCUT2D eigenvalue weighted by Gasteiger charge is 2.06. The minimum Gasteiger partial charge on any atom is -0.455 e. The quantitative estimate of drug-likeness (QED) is 0.856. The maximum Gasteiger partial charge on any atom is 0.248 e. The number of nitrogen functional groups attached to an aromatic ring is 1. The molecule has 18 heavy (non-hydrogen) atoms. The molecule has 0 aliphatic heterocycles. The van der Waals surface area contributed by atoms with E-state index < -0.39 is 5.91 Å². The number of anilines is 1. The van der Waals surface area contributed by atoms with Crippen LogP contribution in [0, 0.1) is 0 Å². The smallest absolute Gasteiger partial charge is 0.248 e. The average Bonchev–Trinajstić information content (AvgIpc) is 2.31. The molecule has 0 aliphatic carbocycles. The second kappa shape index (κ2) is 5.10. The largest absolute Gasteiger partial charge is 0.455 e. The van der Waals surface area contributed by atoms with Gasteiger partial charge in [-0.15, -0.1) is 0 Å². The van der Waals surface area contributed by atoms with E-state index >= 15 is 0 Å². The molecule has 5 heteroatoms. The summed E-state index contributed by atoms with van der Waals surface area (Å²) in [6.45, 7) is 0. The second-order valence-electron chi connectivity index (χ2n) is 3.68. The van der Waals surface area contributed by atoms with Crippen LogP contribution < -0.4 is 16.2 Å². The van der Waals surface area contributed by atoms with Crippen molar-refractivity contribution < 1.29 is 9.53 Å². The van der Waals surface area contributed by atoms with Crippen molar-refractivity contribution in [3.05, 3.63) is 52.5 Å². The molecule has 0 atom stereocenters. The Morgan fingerprint density at radius 2 is 1.94 bits per heavy atom. The van der Waals surface area contributed by atoms with Crippen molar-refractivity contribution in [1.29, 1.82) is 0 Å². The van der Waals surface area contributed by atoms with Gasteiger partial charge in [0.15, 0.2) is 0 Å². The highest BCUT2D eigenvalue weighted by molar-refractivity contribution is 9.10. The standard InChI is InChI=1S/C13H11BrN2O2/c14-9-2-1-3-10(7-9)18-12-5-4-8(13(16)17)6-11(12)15/h1-7H,15H2,(H2,16,17). The van der Waals surface area contributed by atoms with E-state index in [-0.39, 0.29) is 0 Å². The van der Waals surface area contributed by atoms with E-state index in [0.29, 0.717) is 22.7 Å². The number of halogens is 1. The van der Waals surface area contributed by atoms with Gasteiger partial charge in [0, 0.05) is 10.0 Å². The number of hydrogen-bond donors (Lipinski definition) is 2. The van der Waals surface area contributed by atoms with Crippen LogP contribution in [-0.2, 0) is 0 Å². The summed E-state index contributed by atoms with van der Waals surface area (Å²) in [5, 5.41) is 0. The first kappa shape index (κ1) is 12.4. The van der Waals surface area contributed by atoms with Crippen molar-refractivity contribution >= 4 is 27.5 Å². The molecule has 0 radical (unpaired) electrons. The SMILES string of the molecule is NC(=O)c1ccc(Oc2cccc(Br)c2)c(N)c1. The fourth-order valence-electron chi connectivity index (χ4n) is 1.45. The number of benzene rings is 2. The van der Waals surface area contributed by atoms with E-state index in [9.17, 15) is 4.79 Å². The van der Waals surface area contributed by atoms with Crippen molar-refractivity contribution in [3.8, 4) is 11.5 Å². The first-order valence-corrected chi connectivity index (χ1v) is 5.98. The highest BCUT2D eigenvalue weighted by Crippen LogP contribution is 2.29. The number of carbonyl (C=O) groups is 1. The van der Waals surface area contributed by atoms with Crippen LogP contribution in [0.15, 0.2) is 46.9 Å². The maximum atomic E-state index is 11.0. The lowest BCUT2D eigenvalue weighted by molar-refractivity contribution is 0.100. The second-order valence-corrected chi connectivity index (χ2v) is 4.59. The molecule has 4 nitrogen and oxygen atoms in total. The van der Waals surface area contributed by atoms with Gasteiger partial charge < -0.3 is 16.2 Å². The number of hydrogen-bond acceptors (Lipinski definition) is 3. The van der Waals surface area contributed by atoms with Crippen molar-refractivity contribution in [2.45, 2.75) is 0 Å². The third kappa shape index (κ3) is 2.81. The van der Waals surface area contributed by atoms with Crippen LogP contribution in [0.2, 0.25) is 0 Å². The molecular weight excluding hydrogens is 296 g/mol. The van der Waals surface area contributed by atoms with Gasteiger partial charge in [0.25, 0.3) is 0 Å². The van der Waals surface area contributed by atoms with Crippen LogP contribution in [-0.4, -0.2) is 5.91 Å². The summed E-state index contributed by atoms with van der Waals surface area (Å²) in [6, 6.07) is 12.1. The van der Waals surface area contributed by atoms with E-state index in [4.69, 9.17) is 16.2 Å². The minimum atomic E-state index is -0.518. The van der Waals surface area contributed by atoms with Gasteiger partial charge in [-0.2, -0.15) is 0 Å². The van der Waals surface area contributed by atoms with Gasteiger partial charge in [-0.1, -0.05) is 22.0 Å². The molecule has 2 aromatic carbocycles. The third-order valence-corrected chi connectivity index (χ3v) is 2.81. The highest BCUT2D eigenvalue weighted by atomic mass is 79.9. The molecule has 0 heterocycles. The van der Waals surface area contributed by atoms with Gasteiger partial charge in [-0.25, -0.2) is 0 Å². The van der Waals surface area contributed by atoms with Gasteiger partial charge in [-0.05, 0) is 36.4 Å². The summed E-state index contributed by atoms with van der Waals surface area (Å²) >= 11 is 3.35. The number of rotatable bonds is 3. The molecule has 4 N–H and O–H groups in total. The van der Waals surface area contributed by atoms with E-state index in [1.165, 1.54) is 6.07 Å². The van der Waals surface area contributed by atoms with Crippen LogP contribution >= 0.6 is 15.9 Å². The van der Waals surface area contributed by atoms with Crippen LogP contribution in [0.25, 0.3) is 0 Å². The van der Waals surface area contributed by atoms with Crippen LogP contribution in [0.4, 0.5) is 5.69 Å². The lowest BCUT2D eigenvalue weighted by Crippen LogP contribution is -2.11. The predicted molar refractivity (Wildman–Crippen MR) is 73.6 cm³/mol. The molecule has 2 rings (SSSR count). The van der Waals surface area contributed by atoms with Gasteiger partial charge >= 0.3 is 0 Å². The number of nitrogens with two attached hydrogens (primary N) is 2. The summed E-state index contributed by atoms with van der Waals surface area (Å²) < 4.78 is 6.53. The van der Waals surface area contributed by atoms with Gasteiger partial charge in [0.2, 0.25) is 5.91 Å². The molecule has 0 saturated heterocycles. The van der Waals surface area contributed by atoms with Gasteiger partial charge in [0.05, 0.1) is 5.69 Å². The summed E-state index contributed by atoms with van der Waals surface area (Å²) in [5.41, 5.74) is 11.7. The van der Waals surface area contributed by atoms with E-state index in [1.54, 1.807) is 12.1 Å². The van der Waals surface area contributed by atoms with Crippen molar-refractivity contribution in [2.24, 2.45) is 5.73 Å². The third-order valence-electron chi connectivity index (χ3n) is 2.32. The zero-order chi connectivity index (χ0) is 13.1. The zero-order valence-electron chi connectivity index (χ0n) is 9.39. The maximum absolute atomic E-state index is 11.0. The Labute approximate surface area is 113 Å². The molecule has 0 aliphatic rings. The molecule has 2 aromatic rings. The van der Waals surface area contributed by atoms with Gasteiger partial charge in [-0.3, -0.25) is 4.79 Å². The predicted octanol–water partition coefficient (Wildman–Crippen LogP) is 2.92. The first-order valence-electron chi connectivity index (χ1n) is 5.19. The summed E-state index contributed by atoms with van der Waals surface area (Å²) in [5.74, 6) is 0.622. The molecular formula is C13H11BrN2O2. The molecule has 0 unspecified atom stereocenters. The number of amides is 1. The molecule has 1 amide bonds. The fraction of sp³-hybridized carbons (Fsp3) is 0. The lowest BCUT2D eigenvalue weighted by atomic mass is 10.2. The first-order chi connectivity index (χ1) is 8.56. The Morgan fingerprint density at radius 1 is 1.17 bits per heavy atom. The Bertz CT molecular complexity index is 599. The average molecular weight is 307 g/mol. The van der Waals surface area contributed by atoms with E-state index in [0.717, 1.165) is 4.47 Å². The molecule has 0 saturated carbocycles. The Balaban J connectivity index is 2.27. The Kier molecular flexibility index (Phi) is 3.53. The summed E-state index contributed by atoms with van der Waals surface area (Å²) in [6.07, 6.45) is 0. The summed E-state index contributed by atoms with van der Waals surface area (Å²) in [4.78, 5) is 11.0. The van der Waals surface area contributed by atoms with Crippen molar-refractivity contribution in [1.82, 2.24) is 0 Å². The normalized spacial score (nSPS) is 10.1. The van der Waals surface area contributed by atoms with Gasteiger partial charge in [0.1, 0.15) is 11.5 Å². The van der Waals surface area contributed by atoms with E-state index in [2.05, 4.69) is 15.9 Å². The minimum absolute atomic E-state index is 0.356. The number of ether oxygens (including phenoxy) is 1. The molecule has 0 spiro atoms. The number of carbonyl (C=O) groups excluding carboxylic acids is 1. The molecule has 0 fully saturated rings. The Hall–Kier alpha value is -2.01. The number of primary amides is 1. The monoisotopic (exact) mass is 306 g/mol. The Morgan fingerprint density at radius 3 is 2.56 bits per heavy atom. The molecule has 0 aromatic heterocycles. The summed E-state index contributed by atoms with van der Waals surface area (Å²) in [7, 11) is 0. The molecule has 92 valence electrons. The van der Waals surface area contributed by atoms with E-state index in [1.807, 2.05) is 24.3 Å². The topological polar surface area (TPSA) is 78.3 Å². The molecule has 0 bridgehead atoms. The fourth-order valence-corrected chi connectivity index (χ4v) is 1.83. The van der Waals surface area contributed by atoms with Crippen LogP contribution in [0.3, 0.4) is 0 Å². The zero-order valence-corrected chi connectivity index (χ0v) is 11.0. The van der Waals surface area contributed by atoms with Crippen LogP contribution in [0.5, 0.6) is 11.5 Å².